The van der Waals surface area contributed by atoms with E-state index in [-0.39, 0.29) is 11.9 Å². The lowest BCUT2D eigenvalue weighted by Crippen LogP contribution is -2.16. The number of esters is 1. The van der Waals surface area contributed by atoms with Crippen LogP contribution in [0.2, 0.25) is 0 Å². The van der Waals surface area contributed by atoms with Gasteiger partial charge < -0.3 is 4.74 Å². The zero-order valence-electron chi connectivity index (χ0n) is 8.78. The molecule has 0 aliphatic rings. The van der Waals surface area contributed by atoms with Crippen LogP contribution in [0.5, 0.6) is 0 Å². The number of rotatable bonds is 5. The molecule has 0 saturated carbocycles. The van der Waals surface area contributed by atoms with Crippen molar-refractivity contribution in [3.63, 3.8) is 0 Å². The number of carbonyl (C=O) groups excluding carboxylic acids is 1. The topological polar surface area (TPSA) is 26.3 Å². The Morgan fingerprint density at radius 2 is 2.07 bits per heavy atom. The van der Waals surface area contributed by atoms with E-state index in [2.05, 4.69) is 15.9 Å². The Morgan fingerprint density at radius 3 is 2.60 bits per heavy atom. The molecular formula is C12H15BrO2. The minimum Gasteiger partial charge on any atom is -0.466 e. The largest absolute Gasteiger partial charge is 0.466 e. The van der Waals surface area contributed by atoms with Crippen LogP contribution in [-0.2, 0) is 9.53 Å². The van der Waals surface area contributed by atoms with E-state index < -0.39 is 0 Å². The van der Waals surface area contributed by atoms with Crippen molar-refractivity contribution < 1.29 is 9.53 Å². The molecule has 0 amide bonds. The van der Waals surface area contributed by atoms with Crippen molar-refractivity contribution in [3.8, 4) is 0 Å². The maximum Gasteiger partial charge on any atom is 0.313 e. The summed E-state index contributed by atoms with van der Waals surface area (Å²) in [6, 6.07) is 9.75. The van der Waals surface area contributed by atoms with E-state index in [1.807, 2.05) is 37.3 Å². The SMILES string of the molecule is CCOC(=O)C(CCBr)c1ccccc1. The van der Waals surface area contributed by atoms with Crippen molar-refractivity contribution in [2.45, 2.75) is 19.3 Å². The standard InChI is InChI=1S/C12H15BrO2/c1-2-15-12(14)11(8-9-13)10-6-4-3-5-7-10/h3-7,11H,2,8-9H2,1H3. The van der Waals surface area contributed by atoms with E-state index in [0.29, 0.717) is 6.61 Å². The van der Waals surface area contributed by atoms with Crippen LogP contribution in [0.1, 0.15) is 24.8 Å². The summed E-state index contributed by atoms with van der Waals surface area (Å²) >= 11 is 3.36. The van der Waals surface area contributed by atoms with Gasteiger partial charge in [0, 0.05) is 5.33 Å². The van der Waals surface area contributed by atoms with Gasteiger partial charge in [0.05, 0.1) is 12.5 Å². The number of halogens is 1. The Kier molecular flexibility index (Phi) is 5.40. The fourth-order valence-electron chi connectivity index (χ4n) is 1.46. The molecule has 0 spiro atoms. The van der Waals surface area contributed by atoms with Gasteiger partial charge in [0.15, 0.2) is 0 Å². The summed E-state index contributed by atoms with van der Waals surface area (Å²) in [5.74, 6) is -0.284. The summed E-state index contributed by atoms with van der Waals surface area (Å²) in [6.45, 7) is 2.26. The number of hydrogen-bond donors (Lipinski definition) is 0. The number of carbonyl (C=O) groups is 1. The molecule has 1 aromatic rings. The first kappa shape index (κ1) is 12.2. The molecule has 1 rings (SSSR count). The average molecular weight is 271 g/mol. The predicted molar refractivity (Wildman–Crippen MR) is 64.2 cm³/mol. The lowest BCUT2D eigenvalue weighted by atomic mass is 9.97. The van der Waals surface area contributed by atoms with Crippen molar-refractivity contribution in [2.24, 2.45) is 0 Å². The molecule has 2 nitrogen and oxygen atoms in total. The molecule has 0 heterocycles. The lowest BCUT2D eigenvalue weighted by Gasteiger charge is -2.14. The molecule has 0 N–H and O–H groups in total. The first-order valence-corrected chi connectivity index (χ1v) is 6.19. The molecule has 3 heteroatoms. The first-order valence-electron chi connectivity index (χ1n) is 5.07. The third-order valence-corrected chi connectivity index (χ3v) is 2.63. The lowest BCUT2D eigenvalue weighted by molar-refractivity contribution is -0.145. The molecule has 0 radical (unpaired) electrons. The minimum atomic E-state index is -0.148. The molecule has 1 atom stereocenters. The maximum atomic E-state index is 11.7. The monoisotopic (exact) mass is 270 g/mol. The Balaban J connectivity index is 2.78. The zero-order valence-corrected chi connectivity index (χ0v) is 10.4. The van der Waals surface area contributed by atoms with Gasteiger partial charge in [0.2, 0.25) is 0 Å². The van der Waals surface area contributed by atoms with Gasteiger partial charge in [-0.25, -0.2) is 0 Å². The maximum absolute atomic E-state index is 11.7. The Morgan fingerprint density at radius 1 is 1.40 bits per heavy atom. The fourth-order valence-corrected chi connectivity index (χ4v) is 1.92. The van der Waals surface area contributed by atoms with Crippen molar-refractivity contribution in [1.82, 2.24) is 0 Å². The molecular weight excluding hydrogens is 256 g/mol. The highest BCUT2D eigenvalue weighted by molar-refractivity contribution is 9.09. The van der Waals surface area contributed by atoms with Crippen LogP contribution in [0, 0.1) is 0 Å². The number of ether oxygens (including phenoxy) is 1. The van der Waals surface area contributed by atoms with Gasteiger partial charge in [-0.2, -0.15) is 0 Å². The van der Waals surface area contributed by atoms with Crippen LogP contribution >= 0.6 is 15.9 Å². The van der Waals surface area contributed by atoms with Crippen LogP contribution < -0.4 is 0 Å². The molecule has 1 aromatic carbocycles. The molecule has 0 aliphatic heterocycles. The predicted octanol–water partition coefficient (Wildman–Crippen LogP) is 3.12. The minimum absolute atomic E-state index is 0.136. The Bertz CT molecular complexity index is 298. The number of benzene rings is 1. The second kappa shape index (κ2) is 6.62. The summed E-state index contributed by atoms with van der Waals surface area (Å²) < 4.78 is 5.05. The molecule has 82 valence electrons. The highest BCUT2D eigenvalue weighted by Crippen LogP contribution is 2.21. The van der Waals surface area contributed by atoms with Crippen LogP contribution in [0.15, 0.2) is 30.3 Å². The van der Waals surface area contributed by atoms with Gasteiger partial charge >= 0.3 is 5.97 Å². The van der Waals surface area contributed by atoms with E-state index >= 15 is 0 Å². The highest BCUT2D eigenvalue weighted by atomic mass is 79.9. The van der Waals surface area contributed by atoms with E-state index in [9.17, 15) is 4.79 Å². The van der Waals surface area contributed by atoms with Crippen molar-refractivity contribution in [2.75, 3.05) is 11.9 Å². The molecule has 0 aliphatic carbocycles. The molecule has 0 fully saturated rings. The molecule has 0 aromatic heterocycles. The van der Waals surface area contributed by atoms with Crippen LogP contribution in [0.3, 0.4) is 0 Å². The van der Waals surface area contributed by atoms with E-state index in [1.165, 1.54) is 0 Å². The smallest absolute Gasteiger partial charge is 0.313 e. The van der Waals surface area contributed by atoms with Gasteiger partial charge in [-0.1, -0.05) is 46.3 Å². The van der Waals surface area contributed by atoms with E-state index in [4.69, 9.17) is 4.74 Å². The molecule has 15 heavy (non-hydrogen) atoms. The van der Waals surface area contributed by atoms with Gasteiger partial charge in [-0.3, -0.25) is 4.79 Å². The molecule has 1 unspecified atom stereocenters. The Labute approximate surface area is 98.8 Å². The third-order valence-electron chi connectivity index (χ3n) is 2.17. The van der Waals surface area contributed by atoms with Crippen molar-refractivity contribution in [1.29, 1.82) is 0 Å². The zero-order chi connectivity index (χ0) is 11.1. The first-order chi connectivity index (χ1) is 7.29. The molecule has 0 bridgehead atoms. The molecule has 0 saturated heterocycles. The normalized spacial score (nSPS) is 12.1. The third kappa shape index (κ3) is 3.67. The summed E-state index contributed by atoms with van der Waals surface area (Å²) in [5, 5.41) is 0.797. The quantitative estimate of drug-likeness (QED) is 0.607. The number of alkyl halides is 1. The summed E-state index contributed by atoms with van der Waals surface area (Å²) in [6.07, 6.45) is 0.767. The summed E-state index contributed by atoms with van der Waals surface area (Å²) in [7, 11) is 0. The van der Waals surface area contributed by atoms with Crippen LogP contribution in [0.25, 0.3) is 0 Å². The van der Waals surface area contributed by atoms with E-state index in [0.717, 1.165) is 17.3 Å². The van der Waals surface area contributed by atoms with Crippen molar-refractivity contribution in [3.05, 3.63) is 35.9 Å². The van der Waals surface area contributed by atoms with Crippen molar-refractivity contribution >= 4 is 21.9 Å². The second-order valence-corrected chi connectivity index (χ2v) is 3.99. The van der Waals surface area contributed by atoms with Gasteiger partial charge in [-0.05, 0) is 18.9 Å². The fraction of sp³-hybridized carbons (Fsp3) is 0.417. The average Bonchev–Trinajstić information content (AvgIpc) is 2.27. The highest BCUT2D eigenvalue weighted by Gasteiger charge is 2.20. The van der Waals surface area contributed by atoms with Gasteiger partial charge in [0.25, 0.3) is 0 Å². The summed E-state index contributed by atoms with van der Waals surface area (Å²) in [5.41, 5.74) is 1.02. The van der Waals surface area contributed by atoms with Gasteiger partial charge in [0.1, 0.15) is 0 Å². The second-order valence-electron chi connectivity index (χ2n) is 3.19. The van der Waals surface area contributed by atoms with Crippen LogP contribution in [-0.4, -0.2) is 17.9 Å². The Hall–Kier alpha value is -0.830. The van der Waals surface area contributed by atoms with E-state index in [1.54, 1.807) is 0 Å². The van der Waals surface area contributed by atoms with Crippen LogP contribution in [0.4, 0.5) is 0 Å². The van der Waals surface area contributed by atoms with Gasteiger partial charge in [-0.15, -0.1) is 0 Å². The summed E-state index contributed by atoms with van der Waals surface area (Å²) in [4.78, 5) is 11.7. The number of hydrogen-bond acceptors (Lipinski definition) is 2.